The molecule has 0 N–H and O–H groups in total. The zero-order valence-corrected chi connectivity index (χ0v) is 9.38. The summed E-state index contributed by atoms with van der Waals surface area (Å²) in [6.07, 6.45) is 0. The summed E-state index contributed by atoms with van der Waals surface area (Å²) in [5.74, 6) is 0. The minimum Gasteiger partial charge on any atom is -0.106 e. The van der Waals surface area contributed by atoms with E-state index in [0.29, 0.717) is 0 Å². The topological polar surface area (TPSA) is 0 Å². The van der Waals surface area contributed by atoms with Crippen LogP contribution in [0.25, 0.3) is 0 Å². The molecule has 0 aliphatic carbocycles. The van der Waals surface area contributed by atoms with Gasteiger partial charge in [0.2, 0.25) is 0 Å². The van der Waals surface area contributed by atoms with Gasteiger partial charge in [0.1, 0.15) is 0 Å². The molecule has 1 aromatic carbocycles. The largest absolute Gasteiger partial charge is 0.106 e. The molecule has 1 rings (SSSR count). The molecule has 2 heteroatoms. The Kier molecular flexibility index (Phi) is 3.13. The fraction of sp³-hybridized carbons (Fsp3) is 0.400. The van der Waals surface area contributed by atoms with Gasteiger partial charge in [0.25, 0.3) is 0 Å². The molecule has 0 radical (unpaired) electrons. The van der Waals surface area contributed by atoms with E-state index in [1.54, 1.807) is 0 Å². The van der Waals surface area contributed by atoms with E-state index in [1.807, 2.05) is 6.07 Å². The summed E-state index contributed by atoms with van der Waals surface area (Å²) in [4.78, 5) is 1.26. The van der Waals surface area contributed by atoms with Gasteiger partial charge in [0, 0.05) is 4.90 Å². The Hall–Kier alpha value is -0.0800. The van der Waals surface area contributed by atoms with Crippen molar-refractivity contribution in [2.24, 2.45) is 0 Å². The van der Waals surface area contributed by atoms with Crippen LogP contribution in [0.5, 0.6) is 0 Å². The molecular formula is C10H14S2. The minimum atomic E-state index is 0.215. The van der Waals surface area contributed by atoms with Crippen molar-refractivity contribution in [3.8, 4) is 0 Å². The number of benzene rings is 1. The highest BCUT2D eigenvalue weighted by Gasteiger charge is 2.16. The molecule has 0 bridgehead atoms. The van der Waals surface area contributed by atoms with Gasteiger partial charge >= 0.3 is 0 Å². The van der Waals surface area contributed by atoms with Crippen molar-refractivity contribution in [1.82, 2.24) is 0 Å². The van der Waals surface area contributed by atoms with Crippen LogP contribution in [0.4, 0.5) is 0 Å². The van der Waals surface area contributed by atoms with Crippen LogP contribution in [0.15, 0.2) is 29.2 Å². The van der Waals surface area contributed by atoms with Gasteiger partial charge < -0.3 is 0 Å². The van der Waals surface area contributed by atoms with E-state index < -0.39 is 0 Å². The molecule has 1 aromatic rings. The van der Waals surface area contributed by atoms with Crippen molar-refractivity contribution in [2.45, 2.75) is 31.1 Å². The van der Waals surface area contributed by atoms with Crippen molar-refractivity contribution in [2.75, 3.05) is 0 Å². The summed E-state index contributed by atoms with van der Waals surface area (Å²) in [5.41, 5.74) is 1.58. The predicted molar refractivity (Wildman–Crippen MR) is 60.0 cm³/mol. The standard InChI is InChI=1S/C10H14S2/c1-10(2,3)8-6-4-5-7-9(8)12-11/h4-7,11H,1-3H3. The third-order valence-corrected chi connectivity index (χ3v) is 2.94. The second-order valence-corrected chi connectivity index (χ2v) is 5.01. The average molecular weight is 198 g/mol. The maximum Gasteiger partial charge on any atom is 0.0217 e. The van der Waals surface area contributed by atoms with Gasteiger partial charge in [-0.2, -0.15) is 0 Å². The van der Waals surface area contributed by atoms with E-state index in [9.17, 15) is 0 Å². The predicted octanol–water partition coefficient (Wildman–Crippen LogP) is 3.92. The van der Waals surface area contributed by atoms with E-state index >= 15 is 0 Å². The lowest BCUT2D eigenvalue weighted by atomic mass is 9.87. The van der Waals surface area contributed by atoms with Crippen LogP contribution in [0, 0.1) is 0 Å². The third-order valence-electron chi connectivity index (χ3n) is 1.79. The lowest BCUT2D eigenvalue weighted by molar-refractivity contribution is 0.578. The second-order valence-electron chi connectivity index (χ2n) is 3.84. The SMILES string of the molecule is CC(C)(C)c1ccccc1SS. The molecule has 0 aliphatic heterocycles. The van der Waals surface area contributed by atoms with Gasteiger partial charge in [-0.3, -0.25) is 0 Å². The molecule has 0 heterocycles. The molecule has 0 amide bonds. The van der Waals surface area contributed by atoms with Crippen LogP contribution in [-0.4, -0.2) is 0 Å². The highest BCUT2D eigenvalue weighted by Crippen LogP contribution is 2.33. The Morgan fingerprint density at radius 1 is 1.17 bits per heavy atom. The lowest BCUT2D eigenvalue weighted by Crippen LogP contribution is -2.11. The van der Waals surface area contributed by atoms with E-state index in [0.717, 1.165) is 0 Å². The zero-order chi connectivity index (χ0) is 9.19. The van der Waals surface area contributed by atoms with E-state index in [2.05, 4.69) is 50.6 Å². The maximum atomic E-state index is 4.23. The Balaban J connectivity index is 3.14. The maximum absolute atomic E-state index is 4.23. The molecule has 0 fully saturated rings. The lowest BCUT2D eigenvalue weighted by Gasteiger charge is -2.21. The summed E-state index contributed by atoms with van der Waals surface area (Å²) in [6, 6.07) is 8.40. The van der Waals surface area contributed by atoms with Gasteiger partial charge in [0.05, 0.1) is 0 Å². The first-order chi connectivity index (χ1) is 5.55. The Morgan fingerprint density at radius 3 is 2.17 bits per heavy atom. The zero-order valence-electron chi connectivity index (χ0n) is 7.66. The fourth-order valence-electron chi connectivity index (χ4n) is 1.17. The number of thiol groups is 1. The molecule has 0 aromatic heterocycles. The molecule has 0 nitrogen and oxygen atoms in total. The quantitative estimate of drug-likeness (QED) is 0.527. The summed E-state index contributed by atoms with van der Waals surface area (Å²) in [6.45, 7) is 6.65. The van der Waals surface area contributed by atoms with Crippen molar-refractivity contribution >= 4 is 22.5 Å². The molecule has 0 spiro atoms. The minimum absolute atomic E-state index is 0.215. The molecule has 0 unspecified atom stereocenters. The van der Waals surface area contributed by atoms with Crippen LogP contribution in [0.3, 0.4) is 0 Å². The number of rotatable bonds is 1. The molecular weight excluding hydrogens is 184 g/mol. The first-order valence-electron chi connectivity index (χ1n) is 3.96. The van der Waals surface area contributed by atoms with Gasteiger partial charge in [-0.15, -0.1) is 11.7 Å². The number of hydrogen-bond acceptors (Lipinski definition) is 2. The smallest absolute Gasteiger partial charge is 0.0217 e. The van der Waals surface area contributed by atoms with Crippen LogP contribution < -0.4 is 0 Å². The normalized spacial score (nSPS) is 11.7. The molecule has 0 saturated heterocycles. The number of hydrogen-bond donors (Lipinski definition) is 1. The van der Waals surface area contributed by atoms with Crippen molar-refractivity contribution in [3.63, 3.8) is 0 Å². The third kappa shape index (κ3) is 2.20. The van der Waals surface area contributed by atoms with E-state index in [4.69, 9.17) is 0 Å². The fourth-order valence-corrected chi connectivity index (χ4v) is 2.26. The summed E-state index contributed by atoms with van der Waals surface area (Å²) in [7, 11) is 1.52. The van der Waals surface area contributed by atoms with Crippen LogP contribution in [0.1, 0.15) is 26.3 Å². The van der Waals surface area contributed by atoms with Crippen molar-refractivity contribution < 1.29 is 0 Å². The molecule has 0 aliphatic rings. The Morgan fingerprint density at radius 2 is 1.75 bits per heavy atom. The second kappa shape index (κ2) is 3.75. The Bertz CT molecular complexity index is 261. The van der Waals surface area contributed by atoms with Crippen molar-refractivity contribution in [3.05, 3.63) is 29.8 Å². The van der Waals surface area contributed by atoms with E-state index in [-0.39, 0.29) is 5.41 Å². The molecule has 0 saturated carbocycles. The van der Waals surface area contributed by atoms with Gasteiger partial charge in [-0.25, -0.2) is 0 Å². The Labute approximate surface area is 83.6 Å². The first kappa shape index (κ1) is 10.0. The van der Waals surface area contributed by atoms with Crippen LogP contribution in [0.2, 0.25) is 0 Å². The van der Waals surface area contributed by atoms with Gasteiger partial charge in [0.15, 0.2) is 0 Å². The summed E-state index contributed by atoms with van der Waals surface area (Å²) >= 11 is 4.23. The van der Waals surface area contributed by atoms with Crippen molar-refractivity contribution in [1.29, 1.82) is 0 Å². The van der Waals surface area contributed by atoms with E-state index in [1.165, 1.54) is 21.3 Å². The molecule has 0 atom stereocenters. The monoisotopic (exact) mass is 198 g/mol. The summed E-state index contributed by atoms with van der Waals surface area (Å²) in [5, 5.41) is 0. The highest BCUT2D eigenvalue weighted by atomic mass is 33.1. The molecule has 12 heavy (non-hydrogen) atoms. The van der Waals surface area contributed by atoms with Crippen LogP contribution in [-0.2, 0) is 5.41 Å². The first-order valence-corrected chi connectivity index (χ1v) is 5.83. The average Bonchev–Trinajstić information content (AvgIpc) is 2.03. The highest BCUT2D eigenvalue weighted by molar-refractivity contribution is 8.68. The summed E-state index contributed by atoms with van der Waals surface area (Å²) < 4.78 is 0. The van der Waals surface area contributed by atoms with Gasteiger partial charge in [-0.05, 0) is 17.0 Å². The van der Waals surface area contributed by atoms with Crippen LogP contribution >= 0.6 is 22.5 Å². The van der Waals surface area contributed by atoms with Gasteiger partial charge in [-0.1, -0.05) is 49.8 Å². The molecule has 66 valence electrons.